The van der Waals surface area contributed by atoms with Gasteiger partial charge in [0.25, 0.3) is 5.91 Å². The Kier molecular flexibility index (Phi) is 7.81. The topological polar surface area (TPSA) is 87.3 Å². The summed E-state index contributed by atoms with van der Waals surface area (Å²) in [5.74, 6) is -0.109. The minimum absolute atomic E-state index is 0. The highest BCUT2D eigenvalue weighted by Gasteiger charge is 2.17. The molecular formula is C15H24ClN3O3S. The van der Waals surface area contributed by atoms with Crippen LogP contribution in [0.1, 0.15) is 36.5 Å². The van der Waals surface area contributed by atoms with Crippen LogP contribution in [0.2, 0.25) is 0 Å². The summed E-state index contributed by atoms with van der Waals surface area (Å²) in [5.41, 5.74) is 0.880. The highest BCUT2D eigenvalue weighted by Crippen LogP contribution is 2.13. The Morgan fingerprint density at radius 1 is 1.39 bits per heavy atom. The quantitative estimate of drug-likeness (QED) is 0.720. The summed E-state index contributed by atoms with van der Waals surface area (Å²) in [4.78, 5) is 12.2. The van der Waals surface area contributed by atoms with E-state index in [9.17, 15) is 13.2 Å². The molecule has 130 valence electrons. The molecule has 1 aromatic carbocycles. The van der Waals surface area contributed by atoms with Gasteiger partial charge in [0.2, 0.25) is 10.0 Å². The largest absolute Gasteiger partial charge is 0.348 e. The molecule has 1 unspecified atom stereocenters. The van der Waals surface area contributed by atoms with E-state index >= 15 is 0 Å². The van der Waals surface area contributed by atoms with Crippen LogP contribution in [0.4, 0.5) is 5.69 Å². The predicted octanol–water partition coefficient (Wildman–Crippen LogP) is 1.74. The van der Waals surface area contributed by atoms with Gasteiger partial charge < -0.3 is 10.6 Å². The van der Waals surface area contributed by atoms with Crippen LogP contribution >= 0.6 is 12.4 Å². The van der Waals surface area contributed by atoms with Crippen molar-refractivity contribution in [1.82, 2.24) is 10.6 Å². The van der Waals surface area contributed by atoms with Crippen molar-refractivity contribution in [3.8, 4) is 0 Å². The van der Waals surface area contributed by atoms with Crippen molar-refractivity contribution < 1.29 is 13.2 Å². The number of carbonyl (C=O) groups is 1. The number of hydrogen-bond donors (Lipinski definition) is 3. The summed E-state index contributed by atoms with van der Waals surface area (Å²) in [6.07, 6.45) is 2.55. The molecule has 1 aromatic rings. The first-order valence-electron chi connectivity index (χ1n) is 7.62. The number of halogens is 1. The molecule has 0 spiro atoms. The number of amides is 1. The maximum absolute atomic E-state index is 12.2. The standard InChI is InChI=1S/C15H23N3O3S.ClH/c1-2-9-22(20,21)18-13-6-3-5-12(10-13)15(19)17-14-7-4-8-16-11-14;/h3,5-6,10,14,16,18H,2,4,7-9,11H2,1H3,(H,17,19);1H. The second-order valence-corrected chi connectivity index (χ2v) is 7.36. The van der Waals surface area contributed by atoms with E-state index in [1.54, 1.807) is 31.2 Å². The molecule has 1 aliphatic heterocycles. The van der Waals surface area contributed by atoms with Crippen LogP contribution in [0.15, 0.2) is 24.3 Å². The molecule has 1 atom stereocenters. The smallest absolute Gasteiger partial charge is 0.251 e. The van der Waals surface area contributed by atoms with Crippen molar-refractivity contribution in [2.24, 2.45) is 0 Å². The summed E-state index contributed by atoms with van der Waals surface area (Å²) in [7, 11) is -3.35. The molecule has 1 fully saturated rings. The van der Waals surface area contributed by atoms with Crippen LogP contribution in [0.3, 0.4) is 0 Å². The fourth-order valence-electron chi connectivity index (χ4n) is 2.47. The van der Waals surface area contributed by atoms with Gasteiger partial charge in [-0.3, -0.25) is 9.52 Å². The lowest BCUT2D eigenvalue weighted by Gasteiger charge is -2.23. The molecule has 0 bridgehead atoms. The van der Waals surface area contributed by atoms with E-state index in [1.165, 1.54) is 0 Å². The molecular weight excluding hydrogens is 338 g/mol. The Hall–Kier alpha value is -1.31. The first-order chi connectivity index (χ1) is 10.5. The van der Waals surface area contributed by atoms with Gasteiger partial charge in [-0.1, -0.05) is 13.0 Å². The van der Waals surface area contributed by atoms with Crippen molar-refractivity contribution in [2.45, 2.75) is 32.2 Å². The van der Waals surface area contributed by atoms with E-state index in [4.69, 9.17) is 0 Å². The van der Waals surface area contributed by atoms with E-state index < -0.39 is 10.0 Å². The lowest BCUT2D eigenvalue weighted by molar-refractivity contribution is 0.0930. The second kappa shape index (κ2) is 9.10. The summed E-state index contributed by atoms with van der Waals surface area (Å²) >= 11 is 0. The van der Waals surface area contributed by atoms with Crippen LogP contribution in [0.5, 0.6) is 0 Å². The minimum atomic E-state index is -3.35. The monoisotopic (exact) mass is 361 g/mol. The fraction of sp³-hybridized carbons (Fsp3) is 0.533. The maximum Gasteiger partial charge on any atom is 0.251 e. The van der Waals surface area contributed by atoms with Gasteiger partial charge in [0, 0.05) is 23.8 Å². The Balaban J connectivity index is 0.00000264. The zero-order valence-corrected chi connectivity index (χ0v) is 14.8. The number of sulfonamides is 1. The zero-order valence-electron chi connectivity index (χ0n) is 13.2. The molecule has 6 nitrogen and oxygen atoms in total. The van der Waals surface area contributed by atoms with Crippen molar-refractivity contribution in [1.29, 1.82) is 0 Å². The van der Waals surface area contributed by atoms with E-state index in [2.05, 4.69) is 15.4 Å². The van der Waals surface area contributed by atoms with E-state index in [-0.39, 0.29) is 30.1 Å². The molecule has 0 radical (unpaired) electrons. The van der Waals surface area contributed by atoms with Crippen molar-refractivity contribution in [2.75, 3.05) is 23.6 Å². The van der Waals surface area contributed by atoms with Crippen LogP contribution in [-0.4, -0.2) is 39.2 Å². The first-order valence-corrected chi connectivity index (χ1v) is 9.27. The Bertz CT molecular complexity index is 616. The predicted molar refractivity (Wildman–Crippen MR) is 94.7 cm³/mol. The first kappa shape index (κ1) is 19.7. The normalized spacial score (nSPS) is 17.9. The number of hydrogen-bond acceptors (Lipinski definition) is 4. The SMILES string of the molecule is CCCS(=O)(=O)Nc1cccc(C(=O)NC2CCCNC2)c1.Cl. The minimum Gasteiger partial charge on any atom is -0.348 e. The third-order valence-electron chi connectivity index (χ3n) is 3.50. The van der Waals surface area contributed by atoms with Gasteiger partial charge in [-0.05, 0) is 44.0 Å². The molecule has 1 amide bonds. The van der Waals surface area contributed by atoms with E-state index in [0.29, 0.717) is 17.7 Å². The Morgan fingerprint density at radius 2 is 2.17 bits per heavy atom. The zero-order chi connectivity index (χ0) is 16.0. The number of piperidine rings is 1. The average molecular weight is 362 g/mol. The van der Waals surface area contributed by atoms with Crippen molar-refractivity contribution in [3.63, 3.8) is 0 Å². The molecule has 0 aliphatic carbocycles. The van der Waals surface area contributed by atoms with Crippen molar-refractivity contribution in [3.05, 3.63) is 29.8 Å². The van der Waals surface area contributed by atoms with Gasteiger partial charge in [-0.15, -0.1) is 12.4 Å². The average Bonchev–Trinajstić information content (AvgIpc) is 2.48. The molecule has 0 saturated carbocycles. The van der Waals surface area contributed by atoms with Crippen LogP contribution in [0, 0.1) is 0 Å². The molecule has 0 aromatic heterocycles. The van der Waals surface area contributed by atoms with E-state index in [0.717, 1.165) is 25.9 Å². The third-order valence-corrected chi connectivity index (χ3v) is 5.00. The van der Waals surface area contributed by atoms with Gasteiger partial charge in [0.05, 0.1) is 5.75 Å². The van der Waals surface area contributed by atoms with Gasteiger partial charge in [0.1, 0.15) is 0 Å². The molecule has 2 rings (SSSR count). The highest BCUT2D eigenvalue weighted by atomic mass is 35.5. The fourth-order valence-corrected chi connectivity index (χ4v) is 3.59. The van der Waals surface area contributed by atoms with Gasteiger partial charge in [0.15, 0.2) is 0 Å². The van der Waals surface area contributed by atoms with Gasteiger partial charge in [-0.2, -0.15) is 0 Å². The lowest BCUT2D eigenvalue weighted by atomic mass is 10.1. The Labute approximate surface area is 143 Å². The highest BCUT2D eigenvalue weighted by molar-refractivity contribution is 7.92. The number of anilines is 1. The summed E-state index contributed by atoms with van der Waals surface area (Å²) in [6, 6.07) is 6.70. The number of benzene rings is 1. The Morgan fingerprint density at radius 3 is 2.83 bits per heavy atom. The molecule has 1 saturated heterocycles. The molecule has 8 heteroatoms. The third kappa shape index (κ3) is 6.37. The van der Waals surface area contributed by atoms with Crippen molar-refractivity contribution >= 4 is 34.0 Å². The number of nitrogens with one attached hydrogen (secondary N) is 3. The summed E-state index contributed by atoms with van der Waals surface area (Å²) < 4.78 is 26.1. The molecule has 1 aliphatic rings. The maximum atomic E-state index is 12.2. The second-order valence-electron chi connectivity index (χ2n) is 5.52. The van der Waals surface area contributed by atoms with Gasteiger partial charge in [-0.25, -0.2) is 8.42 Å². The molecule has 23 heavy (non-hydrogen) atoms. The van der Waals surface area contributed by atoms with Crippen LogP contribution in [-0.2, 0) is 10.0 Å². The van der Waals surface area contributed by atoms with Crippen LogP contribution in [0.25, 0.3) is 0 Å². The summed E-state index contributed by atoms with van der Waals surface area (Å²) in [5, 5.41) is 6.21. The number of carbonyl (C=O) groups excluding carboxylic acids is 1. The lowest BCUT2D eigenvalue weighted by Crippen LogP contribution is -2.45. The summed E-state index contributed by atoms with van der Waals surface area (Å²) in [6.45, 7) is 3.57. The molecule has 1 heterocycles. The molecule has 3 N–H and O–H groups in total. The van der Waals surface area contributed by atoms with Crippen LogP contribution < -0.4 is 15.4 Å². The van der Waals surface area contributed by atoms with Gasteiger partial charge >= 0.3 is 0 Å². The number of rotatable bonds is 6. The van der Waals surface area contributed by atoms with E-state index in [1.807, 2.05) is 0 Å².